The first kappa shape index (κ1) is 22.9. The highest BCUT2D eigenvalue weighted by molar-refractivity contribution is 5.96. The van der Waals surface area contributed by atoms with Crippen molar-refractivity contribution in [3.05, 3.63) is 89.6 Å². The van der Waals surface area contributed by atoms with Crippen LogP contribution in [0.25, 0.3) is 10.9 Å². The Kier molecular flexibility index (Phi) is 6.82. The van der Waals surface area contributed by atoms with Crippen LogP contribution in [0.5, 0.6) is 11.5 Å². The number of benzene rings is 3. The van der Waals surface area contributed by atoms with Crippen LogP contribution in [-0.4, -0.2) is 37.8 Å². The number of nitrogens with zero attached hydrogens (tertiary/aromatic N) is 1. The zero-order valence-corrected chi connectivity index (χ0v) is 19.3. The number of aromatic nitrogens is 1. The molecular formula is C27H26N2O5. The number of esters is 1. The number of carbonyl (C=O) groups is 2. The van der Waals surface area contributed by atoms with Gasteiger partial charge >= 0.3 is 5.97 Å². The van der Waals surface area contributed by atoms with Gasteiger partial charge in [0.25, 0.3) is 0 Å². The Morgan fingerprint density at radius 1 is 0.882 bits per heavy atom. The summed E-state index contributed by atoms with van der Waals surface area (Å²) in [5.41, 5.74) is 4.03. The summed E-state index contributed by atoms with van der Waals surface area (Å²) < 4.78 is 17.6. The van der Waals surface area contributed by atoms with Crippen molar-refractivity contribution in [3.8, 4) is 11.5 Å². The molecule has 1 heterocycles. The van der Waals surface area contributed by atoms with Gasteiger partial charge in [0.15, 0.2) is 0 Å². The molecule has 0 aliphatic heterocycles. The maximum Gasteiger partial charge on any atom is 0.337 e. The Morgan fingerprint density at radius 2 is 1.56 bits per heavy atom. The van der Waals surface area contributed by atoms with Gasteiger partial charge < -0.3 is 24.1 Å². The zero-order chi connectivity index (χ0) is 24.1. The monoisotopic (exact) mass is 458 g/mol. The molecule has 0 bridgehead atoms. The Bertz CT molecular complexity index is 1300. The number of methoxy groups -OCH3 is 3. The van der Waals surface area contributed by atoms with E-state index in [-0.39, 0.29) is 12.3 Å². The lowest BCUT2D eigenvalue weighted by Crippen LogP contribution is -2.14. The summed E-state index contributed by atoms with van der Waals surface area (Å²) >= 11 is 0. The Morgan fingerprint density at radius 3 is 2.21 bits per heavy atom. The van der Waals surface area contributed by atoms with Crippen LogP contribution in [-0.2, 0) is 22.5 Å². The van der Waals surface area contributed by atoms with Crippen molar-refractivity contribution in [1.29, 1.82) is 0 Å². The van der Waals surface area contributed by atoms with Gasteiger partial charge in [-0.15, -0.1) is 0 Å². The molecule has 7 nitrogen and oxygen atoms in total. The molecule has 0 unspecified atom stereocenters. The molecule has 0 fully saturated rings. The summed E-state index contributed by atoms with van der Waals surface area (Å²) in [4.78, 5) is 24.4. The molecule has 0 atom stereocenters. The number of nitrogens with one attached hydrogen (secondary N) is 1. The average Bonchev–Trinajstić information content (AvgIpc) is 3.20. The molecule has 1 N–H and O–H groups in total. The van der Waals surface area contributed by atoms with Crippen LogP contribution in [0, 0.1) is 0 Å². The van der Waals surface area contributed by atoms with Gasteiger partial charge in [-0.3, -0.25) is 4.79 Å². The predicted molar refractivity (Wildman–Crippen MR) is 131 cm³/mol. The molecule has 0 radical (unpaired) electrons. The number of carbonyl (C=O) groups excluding carboxylic acids is 2. The number of hydrogen-bond donors (Lipinski definition) is 1. The minimum absolute atomic E-state index is 0.142. The van der Waals surface area contributed by atoms with Gasteiger partial charge in [-0.1, -0.05) is 18.2 Å². The van der Waals surface area contributed by atoms with Crippen LogP contribution >= 0.6 is 0 Å². The summed E-state index contributed by atoms with van der Waals surface area (Å²) in [5.74, 6) is 0.892. The smallest absolute Gasteiger partial charge is 0.337 e. The fourth-order valence-electron chi connectivity index (χ4n) is 3.93. The topological polar surface area (TPSA) is 78.8 Å². The Balaban J connectivity index is 1.55. The first-order valence-corrected chi connectivity index (χ1v) is 10.8. The first-order valence-electron chi connectivity index (χ1n) is 10.8. The fourth-order valence-corrected chi connectivity index (χ4v) is 3.93. The summed E-state index contributed by atoms with van der Waals surface area (Å²) in [6, 6.07) is 20.4. The van der Waals surface area contributed by atoms with Crippen LogP contribution in [0.2, 0.25) is 0 Å². The van der Waals surface area contributed by atoms with Crippen LogP contribution < -0.4 is 14.8 Å². The lowest BCUT2D eigenvalue weighted by molar-refractivity contribution is -0.115. The van der Waals surface area contributed by atoms with Gasteiger partial charge in [0.05, 0.1) is 33.3 Å². The predicted octanol–water partition coefficient (Wildman–Crippen LogP) is 4.67. The molecule has 34 heavy (non-hydrogen) atoms. The molecule has 1 amide bonds. The van der Waals surface area contributed by atoms with Gasteiger partial charge in [0.1, 0.15) is 11.5 Å². The van der Waals surface area contributed by atoms with E-state index in [9.17, 15) is 9.59 Å². The standard InChI is InChI=1S/C27H26N2O5/c1-32-22-12-18(13-23(15-22)33-2)16-29-17-20(24-6-4-5-7-25(24)29)14-26(30)28-21-10-8-19(9-11-21)27(31)34-3/h4-13,15,17H,14,16H2,1-3H3,(H,28,30). The van der Waals surface area contributed by atoms with E-state index in [0.29, 0.717) is 17.8 Å². The summed E-state index contributed by atoms with van der Waals surface area (Å²) in [6.45, 7) is 0.602. The Labute approximate surface area is 197 Å². The highest BCUT2D eigenvalue weighted by Gasteiger charge is 2.14. The van der Waals surface area contributed by atoms with E-state index in [1.807, 2.05) is 48.7 Å². The largest absolute Gasteiger partial charge is 0.497 e. The number of para-hydroxylation sites is 1. The number of ether oxygens (including phenoxy) is 3. The van der Waals surface area contributed by atoms with Crippen molar-refractivity contribution >= 4 is 28.5 Å². The van der Waals surface area contributed by atoms with Crippen LogP contribution in [0.1, 0.15) is 21.5 Å². The third-order valence-electron chi connectivity index (χ3n) is 5.58. The van der Waals surface area contributed by atoms with E-state index < -0.39 is 5.97 Å². The van der Waals surface area contributed by atoms with Crippen molar-refractivity contribution in [2.75, 3.05) is 26.6 Å². The van der Waals surface area contributed by atoms with Gasteiger partial charge in [0.2, 0.25) is 5.91 Å². The zero-order valence-electron chi connectivity index (χ0n) is 19.3. The normalized spacial score (nSPS) is 10.7. The van der Waals surface area contributed by atoms with Gasteiger partial charge in [-0.25, -0.2) is 4.79 Å². The fraction of sp³-hybridized carbons (Fsp3) is 0.185. The molecule has 3 aromatic carbocycles. The van der Waals surface area contributed by atoms with Gasteiger partial charge in [-0.05, 0) is 53.6 Å². The number of amides is 1. The second-order valence-electron chi connectivity index (χ2n) is 7.81. The molecule has 0 spiro atoms. The van der Waals surface area contributed by atoms with E-state index in [2.05, 4.69) is 9.88 Å². The minimum atomic E-state index is -0.417. The molecule has 174 valence electrons. The van der Waals surface area contributed by atoms with E-state index in [1.165, 1.54) is 7.11 Å². The van der Waals surface area contributed by atoms with Crippen molar-refractivity contribution in [2.24, 2.45) is 0 Å². The molecule has 0 aliphatic rings. The van der Waals surface area contributed by atoms with Crippen LogP contribution in [0.15, 0.2) is 72.9 Å². The SMILES string of the molecule is COC(=O)c1ccc(NC(=O)Cc2cn(Cc3cc(OC)cc(OC)c3)c3ccccc23)cc1. The second kappa shape index (κ2) is 10.1. The number of rotatable bonds is 8. The molecule has 0 saturated heterocycles. The van der Waals surface area contributed by atoms with Crippen molar-refractivity contribution in [2.45, 2.75) is 13.0 Å². The second-order valence-corrected chi connectivity index (χ2v) is 7.81. The van der Waals surface area contributed by atoms with Crippen LogP contribution in [0.4, 0.5) is 5.69 Å². The van der Waals surface area contributed by atoms with E-state index in [0.717, 1.165) is 33.5 Å². The third kappa shape index (κ3) is 5.04. The van der Waals surface area contributed by atoms with Gasteiger partial charge in [0, 0.05) is 35.4 Å². The first-order chi connectivity index (χ1) is 16.5. The minimum Gasteiger partial charge on any atom is -0.497 e. The highest BCUT2D eigenvalue weighted by atomic mass is 16.5. The molecule has 0 saturated carbocycles. The van der Waals surface area contributed by atoms with E-state index in [1.54, 1.807) is 38.5 Å². The van der Waals surface area contributed by atoms with Gasteiger partial charge in [-0.2, -0.15) is 0 Å². The van der Waals surface area contributed by atoms with Crippen molar-refractivity contribution in [1.82, 2.24) is 4.57 Å². The van der Waals surface area contributed by atoms with E-state index in [4.69, 9.17) is 14.2 Å². The lowest BCUT2D eigenvalue weighted by atomic mass is 10.1. The maximum atomic E-state index is 12.8. The van der Waals surface area contributed by atoms with Crippen LogP contribution in [0.3, 0.4) is 0 Å². The summed E-state index contributed by atoms with van der Waals surface area (Å²) in [6.07, 6.45) is 2.23. The van der Waals surface area contributed by atoms with Crippen molar-refractivity contribution < 1.29 is 23.8 Å². The molecule has 4 aromatic rings. The molecule has 1 aromatic heterocycles. The quantitative estimate of drug-likeness (QED) is 0.388. The summed E-state index contributed by atoms with van der Waals surface area (Å²) in [5, 5.41) is 3.92. The number of anilines is 1. The maximum absolute atomic E-state index is 12.8. The molecule has 0 aliphatic carbocycles. The number of fused-ring (bicyclic) bond motifs is 1. The Hall–Kier alpha value is -4.26. The molecule has 4 rings (SSSR count). The average molecular weight is 459 g/mol. The number of hydrogen-bond acceptors (Lipinski definition) is 5. The molecule has 7 heteroatoms. The van der Waals surface area contributed by atoms with E-state index >= 15 is 0 Å². The third-order valence-corrected chi connectivity index (χ3v) is 5.58. The summed E-state index contributed by atoms with van der Waals surface area (Å²) in [7, 11) is 4.59. The molecular weight excluding hydrogens is 432 g/mol. The highest BCUT2D eigenvalue weighted by Crippen LogP contribution is 2.27. The lowest BCUT2D eigenvalue weighted by Gasteiger charge is -2.10. The van der Waals surface area contributed by atoms with Crippen molar-refractivity contribution in [3.63, 3.8) is 0 Å².